The number of ether oxygens (including phenoxy) is 2. The Kier molecular flexibility index (Phi) is 5.96. The Morgan fingerprint density at radius 3 is 2.38 bits per heavy atom. The summed E-state index contributed by atoms with van der Waals surface area (Å²) in [5.74, 6) is -0.172. The number of fused-ring (bicyclic) bond motifs is 1. The first-order chi connectivity index (χ1) is 16.0. The molecule has 0 bridgehead atoms. The molecule has 2 heterocycles. The summed E-state index contributed by atoms with van der Waals surface area (Å²) in [6.45, 7) is 1.85. The highest BCUT2D eigenvalue weighted by atomic mass is 32.2. The summed E-state index contributed by atoms with van der Waals surface area (Å²) in [5.41, 5.74) is -0.560. The molecule has 0 aromatic heterocycles. The normalized spacial score (nSPS) is 19.8. The van der Waals surface area contributed by atoms with Crippen molar-refractivity contribution in [1.29, 1.82) is 0 Å². The van der Waals surface area contributed by atoms with Crippen LogP contribution >= 0.6 is 0 Å². The second-order valence-corrected chi connectivity index (χ2v) is 10.3. The molecule has 34 heavy (non-hydrogen) atoms. The maximum Gasteiger partial charge on any atom is 0.325 e. The van der Waals surface area contributed by atoms with Crippen molar-refractivity contribution in [3.8, 4) is 11.5 Å². The van der Waals surface area contributed by atoms with Gasteiger partial charge in [-0.15, -0.1) is 0 Å². The maximum absolute atomic E-state index is 13.1. The largest absolute Gasteiger partial charge is 0.486 e. The van der Waals surface area contributed by atoms with Gasteiger partial charge >= 0.3 is 6.03 Å². The van der Waals surface area contributed by atoms with Crippen LogP contribution in [0.2, 0.25) is 0 Å². The Balaban J connectivity index is 1.46. The van der Waals surface area contributed by atoms with Gasteiger partial charge in [0.1, 0.15) is 25.3 Å². The van der Waals surface area contributed by atoms with Crippen molar-refractivity contribution in [1.82, 2.24) is 14.5 Å². The number of hydrogen-bond acceptors (Lipinski definition) is 7. The number of nitrogens with zero attached hydrogens (tertiary/aromatic N) is 2. The molecule has 1 fully saturated rings. The summed E-state index contributed by atoms with van der Waals surface area (Å²) in [5, 5.41) is 5.21. The average Bonchev–Trinajstić information content (AvgIpc) is 3.02. The van der Waals surface area contributed by atoms with Crippen molar-refractivity contribution in [2.75, 3.05) is 39.2 Å². The maximum atomic E-state index is 13.1. The van der Waals surface area contributed by atoms with E-state index in [2.05, 4.69) is 10.6 Å². The number of imide groups is 1. The predicted molar refractivity (Wildman–Crippen MR) is 121 cm³/mol. The average molecular weight is 489 g/mol. The molecule has 11 nitrogen and oxygen atoms in total. The summed E-state index contributed by atoms with van der Waals surface area (Å²) in [6.07, 6.45) is 0. The summed E-state index contributed by atoms with van der Waals surface area (Å²) in [6, 6.07) is 9.85. The number of anilines is 1. The van der Waals surface area contributed by atoms with Crippen molar-refractivity contribution in [2.45, 2.75) is 17.4 Å². The first-order valence-corrected chi connectivity index (χ1v) is 11.8. The molecule has 0 saturated carbocycles. The Morgan fingerprint density at radius 2 is 1.74 bits per heavy atom. The molecule has 2 aromatic rings. The molecule has 180 valence electrons. The van der Waals surface area contributed by atoms with Crippen LogP contribution in [0.25, 0.3) is 0 Å². The molecule has 4 amide bonds. The van der Waals surface area contributed by atoms with Crippen LogP contribution in [-0.4, -0.2) is 69.3 Å². The van der Waals surface area contributed by atoms with Gasteiger partial charge < -0.3 is 20.1 Å². The van der Waals surface area contributed by atoms with E-state index < -0.39 is 40.0 Å². The molecule has 2 aliphatic rings. The minimum absolute atomic E-state index is 0.0693. The quantitative estimate of drug-likeness (QED) is 0.582. The van der Waals surface area contributed by atoms with Crippen LogP contribution in [0.3, 0.4) is 0 Å². The molecule has 1 saturated heterocycles. The number of nitrogens with one attached hydrogen (secondary N) is 2. The molecular weight excluding hydrogens is 464 g/mol. The third-order valence-electron chi connectivity index (χ3n) is 5.61. The summed E-state index contributed by atoms with van der Waals surface area (Å²) in [4.78, 5) is 39.1. The molecule has 1 atom stereocenters. The first-order valence-electron chi connectivity index (χ1n) is 10.4. The van der Waals surface area contributed by atoms with Gasteiger partial charge in [0.2, 0.25) is 15.9 Å². The zero-order chi connectivity index (χ0) is 24.7. The van der Waals surface area contributed by atoms with Gasteiger partial charge in [0.05, 0.1) is 4.90 Å². The van der Waals surface area contributed by atoms with Gasteiger partial charge in [0.25, 0.3) is 5.91 Å². The molecule has 0 radical (unpaired) electrons. The second-order valence-electron chi connectivity index (χ2n) is 8.16. The molecule has 0 aliphatic carbocycles. The fourth-order valence-electron chi connectivity index (χ4n) is 3.66. The zero-order valence-electron chi connectivity index (χ0n) is 18.8. The lowest BCUT2D eigenvalue weighted by atomic mass is 9.91. The molecule has 2 N–H and O–H groups in total. The molecule has 4 rings (SSSR count). The number of carbonyl (C=O) groups excluding carboxylic acids is 3. The third kappa shape index (κ3) is 4.17. The summed E-state index contributed by atoms with van der Waals surface area (Å²) >= 11 is 0. The van der Waals surface area contributed by atoms with Gasteiger partial charge in [-0.3, -0.25) is 14.5 Å². The van der Waals surface area contributed by atoms with Crippen molar-refractivity contribution in [2.24, 2.45) is 0 Å². The highest BCUT2D eigenvalue weighted by Crippen LogP contribution is 2.36. The number of urea groups is 1. The van der Waals surface area contributed by atoms with E-state index >= 15 is 0 Å². The lowest BCUT2D eigenvalue weighted by Crippen LogP contribution is -2.42. The lowest BCUT2D eigenvalue weighted by molar-refractivity contribution is -0.133. The van der Waals surface area contributed by atoms with E-state index in [0.29, 0.717) is 36.0 Å². The Hall–Kier alpha value is -3.64. The second kappa shape index (κ2) is 8.61. The smallest absolute Gasteiger partial charge is 0.325 e. The lowest BCUT2D eigenvalue weighted by Gasteiger charge is -2.25. The molecule has 0 unspecified atom stereocenters. The van der Waals surface area contributed by atoms with Gasteiger partial charge in [-0.1, -0.05) is 6.07 Å². The van der Waals surface area contributed by atoms with Crippen molar-refractivity contribution < 1.29 is 32.3 Å². The first kappa shape index (κ1) is 23.5. The Morgan fingerprint density at radius 1 is 1.09 bits per heavy atom. The van der Waals surface area contributed by atoms with E-state index in [4.69, 9.17) is 9.47 Å². The standard InChI is InChI=1S/C22H24N4O7S/c1-22(14-4-9-17-18(12-14)33-11-10-32-17)20(28)26(21(29)24-22)13-19(27)23-15-5-7-16(8-6-15)34(30,31)25(2)3/h4-9,12H,10-11,13H2,1-3H3,(H,23,27)(H,24,29)/t22-/m1/s1. The summed E-state index contributed by atoms with van der Waals surface area (Å²) < 4.78 is 36.5. The van der Waals surface area contributed by atoms with E-state index in [1.807, 2.05) is 0 Å². The summed E-state index contributed by atoms with van der Waals surface area (Å²) in [7, 11) is -0.766. The van der Waals surface area contributed by atoms with Crippen molar-refractivity contribution in [3.05, 3.63) is 48.0 Å². The molecule has 2 aliphatic heterocycles. The van der Waals surface area contributed by atoms with Crippen LogP contribution in [-0.2, 0) is 25.2 Å². The topological polar surface area (TPSA) is 134 Å². The highest BCUT2D eigenvalue weighted by Gasteiger charge is 2.49. The number of amides is 4. The number of rotatable bonds is 6. The molecule has 0 spiro atoms. The Labute approximate surface area is 196 Å². The number of hydrogen-bond donors (Lipinski definition) is 2. The van der Waals surface area contributed by atoms with Gasteiger partial charge in [0.15, 0.2) is 11.5 Å². The van der Waals surface area contributed by atoms with Crippen LogP contribution in [0.4, 0.5) is 10.5 Å². The predicted octanol–water partition coefficient (Wildman–Crippen LogP) is 1.11. The molecule has 12 heteroatoms. The van der Waals surface area contributed by atoms with E-state index in [1.54, 1.807) is 25.1 Å². The van der Waals surface area contributed by atoms with Gasteiger partial charge in [-0.25, -0.2) is 17.5 Å². The minimum atomic E-state index is -3.60. The van der Waals surface area contributed by atoms with Crippen LogP contribution in [0.15, 0.2) is 47.4 Å². The van der Waals surface area contributed by atoms with Crippen molar-refractivity contribution >= 4 is 33.6 Å². The van der Waals surface area contributed by atoms with E-state index in [9.17, 15) is 22.8 Å². The molecule has 2 aromatic carbocycles. The van der Waals surface area contributed by atoms with Crippen molar-refractivity contribution in [3.63, 3.8) is 0 Å². The highest BCUT2D eigenvalue weighted by molar-refractivity contribution is 7.89. The number of benzene rings is 2. The van der Waals surface area contributed by atoms with Crippen LogP contribution in [0.1, 0.15) is 12.5 Å². The van der Waals surface area contributed by atoms with Crippen LogP contribution in [0.5, 0.6) is 11.5 Å². The monoisotopic (exact) mass is 488 g/mol. The minimum Gasteiger partial charge on any atom is -0.486 e. The third-order valence-corrected chi connectivity index (χ3v) is 7.44. The Bertz CT molecular complexity index is 1260. The van der Waals surface area contributed by atoms with Gasteiger partial charge in [-0.2, -0.15) is 0 Å². The SMILES string of the molecule is CN(C)S(=O)(=O)c1ccc(NC(=O)CN2C(=O)N[C@](C)(c3ccc4c(c3)OCCO4)C2=O)cc1. The van der Waals surface area contributed by atoms with Gasteiger partial charge in [0, 0.05) is 19.8 Å². The van der Waals surface area contributed by atoms with Gasteiger partial charge in [-0.05, 0) is 48.9 Å². The van der Waals surface area contributed by atoms with E-state index in [-0.39, 0.29) is 4.90 Å². The van der Waals surface area contributed by atoms with E-state index in [1.165, 1.54) is 38.4 Å². The molecular formula is C22H24N4O7S. The fraction of sp³-hybridized carbons (Fsp3) is 0.318. The fourth-order valence-corrected chi connectivity index (χ4v) is 4.56. The number of carbonyl (C=O) groups is 3. The van der Waals surface area contributed by atoms with Crippen LogP contribution in [0, 0.1) is 0 Å². The number of sulfonamides is 1. The zero-order valence-corrected chi connectivity index (χ0v) is 19.6. The van der Waals surface area contributed by atoms with E-state index in [0.717, 1.165) is 9.21 Å². The van der Waals surface area contributed by atoms with Crippen LogP contribution < -0.4 is 20.1 Å².